The summed E-state index contributed by atoms with van der Waals surface area (Å²) in [6.07, 6.45) is 3.60. The van der Waals surface area contributed by atoms with Crippen LogP contribution < -0.4 is 10.5 Å². The zero-order valence-corrected chi connectivity index (χ0v) is 15.5. The molecule has 1 aromatic carbocycles. The molecule has 1 aliphatic rings. The van der Waals surface area contributed by atoms with Gasteiger partial charge in [-0.2, -0.15) is 0 Å². The van der Waals surface area contributed by atoms with E-state index in [4.69, 9.17) is 5.73 Å². The third kappa shape index (κ3) is 5.36. The second-order valence-corrected chi connectivity index (χ2v) is 7.72. The highest BCUT2D eigenvalue weighted by atomic mass is 35.5. The average molecular weight is 376 g/mol. The lowest BCUT2D eigenvalue weighted by Gasteiger charge is -2.35. The fraction of sp³-hybridized carbons (Fsp3) is 0.562. The van der Waals surface area contributed by atoms with Crippen molar-refractivity contribution in [3.8, 4) is 0 Å². The molecule has 2 rings (SSSR count). The second-order valence-electron chi connectivity index (χ2n) is 5.88. The first-order valence-electron chi connectivity index (χ1n) is 8.08. The van der Waals surface area contributed by atoms with Gasteiger partial charge in [0.2, 0.25) is 10.0 Å². The van der Waals surface area contributed by atoms with E-state index in [0.717, 1.165) is 25.8 Å². The van der Waals surface area contributed by atoms with E-state index >= 15 is 0 Å². The Labute approximate surface area is 150 Å². The lowest BCUT2D eigenvalue weighted by Crippen LogP contribution is -2.47. The van der Waals surface area contributed by atoms with Crippen LogP contribution in [-0.2, 0) is 10.0 Å². The summed E-state index contributed by atoms with van der Waals surface area (Å²) in [6, 6.07) is 6.67. The maximum atomic E-state index is 12.6. The summed E-state index contributed by atoms with van der Waals surface area (Å²) < 4.78 is 26.0. The zero-order valence-electron chi connectivity index (χ0n) is 13.9. The second kappa shape index (κ2) is 9.25. The highest BCUT2D eigenvalue weighted by molar-refractivity contribution is 7.92. The van der Waals surface area contributed by atoms with Crippen molar-refractivity contribution >= 4 is 34.0 Å². The van der Waals surface area contributed by atoms with Crippen molar-refractivity contribution in [3.63, 3.8) is 0 Å². The van der Waals surface area contributed by atoms with Crippen molar-refractivity contribution in [2.24, 2.45) is 5.73 Å². The van der Waals surface area contributed by atoms with Crippen LogP contribution in [0.5, 0.6) is 0 Å². The van der Waals surface area contributed by atoms with Crippen LogP contribution >= 0.6 is 12.4 Å². The first-order valence-corrected chi connectivity index (χ1v) is 9.73. The molecule has 0 aromatic heterocycles. The fourth-order valence-corrected chi connectivity index (χ4v) is 3.99. The third-order valence-corrected chi connectivity index (χ3v) is 5.53. The van der Waals surface area contributed by atoms with Gasteiger partial charge in [0.15, 0.2) is 0 Å². The van der Waals surface area contributed by atoms with Gasteiger partial charge in [0.25, 0.3) is 5.91 Å². The first-order chi connectivity index (χ1) is 11.0. The van der Waals surface area contributed by atoms with Gasteiger partial charge in [-0.1, -0.05) is 6.92 Å². The van der Waals surface area contributed by atoms with Gasteiger partial charge in [-0.05, 0) is 49.9 Å². The Kier molecular flexibility index (Phi) is 7.99. The molecular formula is C16H26ClN3O3S. The minimum atomic E-state index is -3.31. The predicted octanol–water partition coefficient (Wildman–Crippen LogP) is 2.21. The van der Waals surface area contributed by atoms with E-state index in [1.165, 1.54) is 0 Å². The van der Waals surface area contributed by atoms with E-state index in [2.05, 4.69) is 4.72 Å². The number of carbonyl (C=O) groups is 1. The number of benzene rings is 1. The van der Waals surface area contributed by atoms with Crippen LogP contribution in [0.4, 0.5) is 5.69 Å². The maximum absolute atomic E-state index is 12.6. The van der Waals surface area contributed by atoms with Gasteiger partial charge in [-0.25, -0.2) is 8.42 Å². The Balaban J connectivity index is 0.00000288. The third-order valence-electron chi connectivity index (χ3n) is 4.04. The molecule has 3 N–H and O–H groups in total. The van der Waals surface area contributed by atoms with Crippen LogP contribution in [0.2, 0.25) is 0 Å². The molecule has 1 saturated heterocycles. The normalized spacial score (nSPS) is 17.9. The van der Waals surface area contributed by atoms with Crippen molar-refractivity contribution < 1.29 is 13.2 Å². The Morgan fingerprint density at radius 2 is 1.96 bits per heavy atom. The number of amides is 1. The van der Waals surface area contributed by atoms with Crippen molar-refractivity contribution in [2.45, 2.75) is 38.6 Å². The molecule has 136 valence electrons. The zero-order chi connectivity index (χ0) is 16.9. The molecule has 1 aliphatic heterocycles. The maximum Gasteiger partial charge on any atom is 0.254 e. The van der Waals surface area contributed by atoms with Crippen molar-refractivity contribution in [1.82, 2.24) is 4.90 Å². The van der Waals surface area contributed by atoms with Crippen molar-refractivity contribution in [2.75, 3.05) is 23.6 Å². The van der Waals surface area contributed by atoms with E-state index in [0.29, 0.717) is 24.2 Å². The Morgan fingerprint density at radius 1 is 1.29 bits per heavy atom. The number of nitrogens with zero attached hydrogens (tertiary/aromatic N) is 1. The minimum absolute atomic E-state index is 0. The van der Waals surface area contributed by atoms with Crippen molar-refractivity contribution in [3.05, 3.63) is 29.8 Å². The largest absolute Gasteiger partial charge is 0.334 e. The monoisotopic (exact) mass is 375 g/mol. The van der Waals surface area contributed by atoms with Gasteiger partial charge in [0, 0.05) is 30.4 Å². The highest BCUT2D eigenvalue weighted by Crippen LogP contribution is 2.20. The van der Waals surface area contributed by atoms with Gasteiger partial charge < -0.3 is 10.6 Å². The smallest absolute Gasteiger partial charge is 0.254 e. The molecule has 1 heterocycles. The van der Waals surface area contributed by atoms with Crippen LogP contribution in [0.1, 0.15) is 43.0 Å². The molecule has 1 amide bonds. The van der Waals surface area contributed by atoms with Crippen molar-refractivity contribution in [1.29, 1.82) is 0 Å². The number of nitrogens with one attached hydrogen (secondary N) is 1. The summed E-state index contributed by atoms with van der Waals surface area (Å²) in [6.45, 7) is 3.01. The number of piperidine rings is 1. The number of nitrogens with two attached hydrogens (primary N) is 1. The minimum Gasteiger partial charge on any atom is -0.334 e. The number of likely N-dealkylation sites (tertiary alicyclic amines) is 1. The number of hydrogen-bond donors (Lipinski definition) is 2. The molecule has 0 saturated carbocycles. The van der Waals surface area contributed by atoms with E-state index in [1.54, 1.807) is 24.3 Å². The Hall–Kier alpha value is -1.31. The van der Waals surface area contributed by atoms with Gasteiger partial charge >= 0.3 is 0 Å². The molecule has 1 fully saturated rings. The number of anilines is 1. The van der Waals surface area contributed by atoms with Gasteiger partial charge in [-0.3, -0.25) is 9.52 Å². The van der Waals surface area contributed by atoms with E-state index in [9.17, 15) is 13.2 Å². The van der Waals surface area contributed by atoms with Gasteiger partial charge in [0.1, 0.15) is 0 Å². The summed E-state index contributed by atoms with van der Waals surface area (Å²) in [5.41, 5.74) is 6.80. The standard InChI is InChI=1S/C16H25N3O3S.ClH/c1-2-11-23(21,22)18-14-8-6-13(7-9-14)16(20)19-10-4-3-5-15(19)12-17;/h6-9,15,18H,2-5,10-12,17H2,1H3;1H. The Morgan fingerprint density at radius 3 is 2.54 bits per heavy atom. The molecular weight excluding hydrogens is 350 g/mol. The van der Waals surface area contributed by atoms with E-state index in [-0.39, 0.29) is 30.1 Å². The molecule has 1 unspecified atom stereocenters. The molecule has 0 radical (unpaired) electrons. The number of rotatable bonds is 6. The quantitative estimate of drug-likeness (QED) is 0.797. The van der Waals surface area contributed by atoms with E-state index < -0.39 is 10.0 Å². The van der Waals surface area contributed by atoms with Crippen LogP contribution in [0.25, 0.3) is 0 Å². The fourth-order valence-electron chi connectivity index (χ4n) is 2.86. The summed E-state index contributed by atoms with van der Waals surface area (Å²) in [4.78, 5) is 14.4. The lowest BCUT2D eigenvalue weighted by atomic mass is 10.0. The summed E-state index contributed by atoms with van der Waals surface area (Å²) in [5, 5.41) is 0. The summed E-state index contributed by atoms with van der Waals surface area (Å²) in [7, 11) is -3.31. The predicted molar refractivity (Wildman–Crippen MR) is 99.1 cm³/mol. The molecule has 0 bridgehead atoms. The van der Waals surface area contributed by atoms with Gasteiger partial charge in [0.05, 0.1) is 5.75 Å². The molecule has 1 aromatic rings. The summed E-state index contributed by atoms with van der Waals surface area (Å²) >= 11 is 0. The molecule has 0 spiro atoms. The number of carbonyl (C=O) groups excluding carboxylic acids is 1. The number of hydrogen-bond acceptors (Lipinski definition) is 4. The summed E-state index contributed by atoms with van der Waals surface area (Å²) in [5.74, 6) is 0.0442. The number of halogens is 1. The van der Waals surface area contributed by atoms with Gasteiger partial charge in [-0.15, -0.1) is 12.4 Å². The Bertz CT molecular complexity index is 634. The lowest BCUT2D eigenvalue weighted by molar-refractivity contribution is 0.0623. The van der Waals surface area contributed by atoms with Crippen LogP contribution in [0, 0.1) is 0 Å². The van der Waals surface area contributed by atoms with E-state index in [1.807, 2.05) is 11.8 Å². The molecule has 24 heavy (non-hydrogen) atoms. The highest BCUT2D eigenvalue weighted by Gasteiger charge is 2.26. The topological polar surface area (TPSA) is 92.5 Å². The molecule has 8 heteroatoms. The van der Waals surface area contributed by atoms with Crippen LogP contribution in [0.15, 0.2) is 24.3 Å². The average Bonchev–Trinajstić information content (AvgIpc) is 2.54. The molecule has 1 atom stereocenters. The SMILES string of the molecule is CCCS(=O)(=O)Nc1ccc(C(=O)N2CCCCC2CN)cc1.Cl. The first kappa shape index (κ1) is 20.7. The molecule has 0 aliphatic carbocycles. The number of sulfonamides is 1. The van der Waals surface area contributed by atoms with Crippen LogP contribution in [-0.4, -0.2) is 44.1 Å². The molecule has 6 nitrogen and oxygen atoms in total. The van der Waals surface area contributed by atoms with Crippen LogP contribution in [0.3, 0.4) is 0 Å².